The second-order valence-electron chi connectivity index (χ2n) is 6.70. The third-order valence-corrected chi connectivity index (χ3v) is 5.22. The van der Waals surface area contributed by atoms with Crippen LogP contribution in [0.1, 0.15) is 27.8 Å². The van der Waals surface area contributed by atoms with Gasteiger partial charge in [-0.3, -0.25) is 0 Å². The number of alkyl halides is 1. The molecule has 0 amide bonds. The molecule has 25 heavy (non-hydrogen) atoms. The highest BCUT2D eigenvalue weighted by atomic mass is 79.9. The fourth-order valence-corrected chi connectivity index (χ4v) is 4.03. The molecule has 0 aliphatic heterocycles. The lowest BCUT2D eigenvalue weighted by Gasteiger charge is -2.27. The Labute approximate surface area is 159 Å². The molecule has 3 rings (SSSR count). The first-order chi connectivity index (χ1) is 12.0. The first-order valence-corrected chi connectivity index (χ1v) is 9.71. The van der Waals surface area contributed by atoms with E-state index >= 15 is 0 Å². The third-order valence-electron chi connectivity index (χ3n) is 4.66. The van der Waals surface area contributed by atoms with Gasteiger partial charge in [-0.2, -0.15) is 0 Å². The molecule has 1 nitrogen and oxygen atoms in total. The largest absolute Gasteiger partial charge is 0.310 e. The molecule has 0 N–H and O–H groups in total. The van der Waals surface area contributed by atoms with Crippen LogP contribution in [0.4, 0.5) is 17.1 Å². The molecule has 2 heteroatoms. The van der Waals surface area contributed by atoms with Gasteiger partial charge in [-0.25, -0.2) is 0 Å². The summed E-state index contributed by atoms with van der Waals surface area (Å²) in [4.78, 5) is 2.33. The van der Waals surface area contributed by atoms with Crippen LogP contribution in [0.3, 0.4) is 0 Å². The van der Waals surface area contributed by atoms with Crippen LogP contribution < -0.4 is 4.90 Å². The number of hydrogen-bond acceptors (Lipinski definition) is 1. The van der Waals surface area contributed by atoms with Gasteiger partial charge >= 0.3 is 0 Å². The molecular formula is C23H24BrN. The SMILES string of the molecule is Cc1ccc(N(c2ccc(C)cc2)c2cc(C)c(CBr)c(C)c2)cc1. The number of anilines is 3. The van der Waals surface area contributed by atoms with Gasteiger partial charge in [0.05, 0.1) is 0 Å². The van der Waals surface area contributed by atoms with Gasteiger partial charge in [0.15, 0.2) is 0 Å². The van der Waals surface area contributed by atoms with Crippen molar-refractivity contribution in [2.45, 2.75) is 33.0 Å². The Balaban J connectivity index is 2.17. The van der Waals surface area contributed by atoms with Crippen LogP contribution in [0.25, 0.3) is 0 Å². The highest BCUT2D eigenvalue weighted by Crippen LogP contribution is 2.36. The van der Waals surface area contributed by atoms with Crippen LogP contribution >= 0.6 is 15.9 Å². The number of rotatable bonds is 4. The van der Waals surface area contributed by atoms with Crippen molar-refractivity contribution in [1.82, 2.24) is 0 Å². The minimum absolute atomic E-state index is 0.889. The number of hydrogen-bond donors (Lipinski definition) is 0. The maximum atomic E-state index is 3.61. The van der Waals surface area contributed by atoms with Gasteiger partial charge in [-0.05, 0) is 80.8 Å². The van der Waals surface area contributed by atoms with Gasteiger partial charge in [-0.1, -0.05) is 51.3 Å². The molecule has 128 valence electrons. The lowest BCUT2D eigenvalue weighted by molar-refractivity contribution is 1.20. The summed E-state index contributed by atoms with van der Waals surface area (Å²) in [7, 11) is 0. The minimum Gasteiger partial charge on any atom is -0.310 e. The topological polar surface area (TPSA) is 3.24 Å². The molecule has 0 radical (unpaired) electrons. The smallest absolute Gasteiger partial charge is 0.0467 e. The van der Waals surface area contributed by atoms with Crippen molar-refractivity contribution in [3.63, 3.8) is 0 Å². The highest BCUT2D eigenvalue weighted by Gasteiger charge is 2.14. The van der Waals surface area contributed by atoms with Crippen LogP contribution in [0, 0.1) is 27.7 Å². The fourth-order valence-electron chi connectivity index (χ4n) is 3.15. The summed E-state index contributed by atoms with van der Waals surface area (Å²) in [5.41, 5.74) is 10.1. The molecule has 0 saturated heterocycles. The predicted octanol–water partition coefficient (Wildman–Crippen LogP) is 7.28. The van der Waals surface area contributed by atoms with E-state index in [9.17, 15) is 0 Å². The van der Waals surface area contributed by atoms with E-state index in [1.807, 2.05) is 0 Å². The van der Waals surface area contributed by atoms with E-state index in [4.69, 9.17) is 0 Å². The van der Waals surface area contributed by atoms with Gasteiger partial charge in [0.25, 0.3) is 0 Å². The number of halogens is 1. The van der Waals surface area contributed by atoms with Crippen molar-refractivity contribution in [2.24, 2.45) is 0 Å². The fraction of sp³-hybridized carbons (Fsp3) is 0.217. The monoisotopic (exact) mass is 393 g/mol. The molecule has 0 spiro atoms. The average molecular weight is 394 g/mol. The number of aryl methyl sites for hydroxylation is 4. The van der Waals surface area contributed by atoms with Gasteiger partial charge in [-0.15, -0.1) is 0 Å². The highest BCUT2D eigenvalue weighted by molar-refractivity contribution is 9.08. The molecule has 0 heterocycles. The van der Waals surface area contributed by atoms with E-state index in [1.54, 1.807) is 0 Å². The number of benzene rings is 3. The lowest BCUT2D eigenvalue weighted by atomic mass is 10.0. The molecule has 0 aliphatic rings. The molecule has 3 aromatic rings. The van der Waals surface area contributed by atoms with E-state index in [0.717, 1.165) is 5.33 Å². The molecule has 0 atom stereocenters. The summed E-state index contributed by atoms with van der Waals surface area (Å²) in [6.45, 7) is 8.63. The standard InChI is InChI=1S/C23H24BrN/c1-16-5-9-20(10-6-16)25(21-11-7-17(2)8-12-21)22-13-18(3)23(15-24)19(4)14-22/h5-14H,15H2,1-4H3. The summed E-state index contributed by atoms with van der Waals surface area (Å²) < 4.78 is 0. The van der Waals surface area contributed by atoms with Crippen LogP contribution in [0.2, 0.25) is 0 Å². The van der Waals surface area contributed by atoms with E-state index in [1.165, 1.54) is 44.9 Å². The number of nitrogens with zero attached hydrogens (tertiary/aromatic N) is 1. The molecule has 0 aromatic heterocycles. The summed E-state index contributed by atoms with van der Waals surface area (Å²) in [6.07, 6.45) is 0. The van der Waals surface area contributed by atoms with Gasteiger partial charge in [0.2, 0.25) is 0 Å². The van der Waals surface area contributed by atoms with Crippen molar-refractivity contribution < 1.29 is 0 Å². The minimum atomic E-state index is 0.889. The van der Waals surface area contributed by atoms with Crippen molar-refractivity contribution in [3.05, 3.63) is 88.5 Å². The Morgan fingerprint density at radius 2 is 1.04 bits per heavy atom. The molecular weight excluding hydrogens is 370 g/mol. The zero-order chi connectivity index (χ0) is 18.0. The summed E-state index contributed by atoms with van der Waals surface area (Å²) in [5, 5.41) is 0.889. The maximum absolute atomic E-state index is 3.61. The Morgan fingerprint density at radius 3 is 1.40 bits per heavy atom. The van der Waals surface area contributed by atoms with E-state index in [0.29, 0.717) is 0 Å². The normalized spacial score (nSPS) is 10.8. The average Bonchev–Trinajstić information content (AvgIpc) is 2.58. The van der Waals surface area contributed by atoms with Crippen molar-refractivity contribution in [3.8, 4) is 0 Å². The summed E-state index contributed by atoms with van der Waals surface area (Å²) in [6, 6.07) is 22.0. The molecule has 0 saturated carbocycles. The first-order valence-electron chi connectivity index (χ1n) is 8.59. The summed E-state index contributed by atoms with van der Waals surface area (Å²) in [5.74, 6) is 0. The van der Waals surface area contributed by atoms with Crippen molar-refractivity contribution in [1.29, 1.82) is 0 Å². The molecule has 0 bridgehead atoms. The molecule has 0 fully saturated rings. The zero-order valence-corrected chi connectivity index (χ0v) is 16.9. The van der Waals surface area contributed by atoms with Gasteiger partial charge < -0.3 is 4.90 Å². The zero-order valence-electron chi connectivity index (χ0n) is 15.3. The van der Waals surface area contributed by atoms with Crippen molar-refractivity contribution in [2.75, 3.05) is 4.90 Å². The Kier molecular flexibility index (Phi) is 5.29. The third kappa shape index (κ3) is 3.80. The molecule has 3 aromatic carbocycles. The Morgan fingerprint density at radius 1 is 0.640 bits per heavy atom. The van der Waals surface area contributed by atoms with Crippen LogP contribution in [-0.4, -0.2) is 0 Å². The van der Waals surface area contributed by atoms with E-state index < -0.39 is 0 Å². The van der Waals surface area contributed by atoms with Gasteiger partial charge in [0, 0.05) is 22.4 Å². The lowest BCUT2D eigenvalue weighted by Crippen LogP contribution is -2.11. The second-order valence-corrected chi connectivity index (χ2v) is 7.26. The quantitative estimate of drug-likeness (QED) is 0.420. The van der Waals surface area contributed by atoms with E-state index in [-0.39, 0.29) is 0 Å². The Hall–Kier alpha value is -2.06. The molecule has 0 aliphatic carbocycles. The van der Waals surface area contributed by atoms with Crippen LogP contribution in [-0.2, 0) is 5.33 Å². The summed E-state index contributed by atoms with van der Waals surface area (Å²) >= 11 is 3.61. The maximum Gasteiger partial charge on any atom is 0.0467 e. The van der Waals surface area contributed by atoms with Gasteiger partial charge in [0.1, 0.15) is 0 Å². The van der Waals surface area contributed by atoms with Crippen LogP contribution in [0.15, 0.2) is 60.7 Å². The Bertz CT molecular complexity index is 795. The van der Waals surface area contributed by atoms with Crippen molar-refractivity contribution >= 4 is 33.0 Å². The molecule has 0 unspecified atom stereocenters. The van der Waals surface area contributed by atoms with E-state index in [2.05, 4.69) is 109 Å². The second kappa shape index (κ2) is 7.45. The first kappa shape index (κ1) is 17.8. The predicted molar refractivity (Wildman–Crippen MR) is 113 cm³/mol. The van der Waals surface area contributed by atoms with Crippen LogP contribution in [0.5, 0.6) is 0 Å².